The number of hydrogen-bond acceptors (Lipinski definition) is 3. The summed E-state index contributed by atoms with van der Waals surface area (Å²) in [5, 5.41) is 2.97. The first-order valence-corrected chi connectivity index (χ1v) is 7.29. The van der Waals surface area contributed by atoms with Crippen molar-refractivity contribution in [2.45, 2.75) is 18.0 Å². The lowest BCUT2D eigenvalue weighted by Crippen LogP contribution is -2.58. The number of amides is 1. The van der Waals surface area contributed by atoms with Gasteiger partial charge in [-0.25, -0.2) is 0 Å². The van der Waals surface area contributed by atoms with E-state index in [0.717, 1.165) is 16.8 Å². The summed E-state index contributed by atoms with van der Waals surface area (Å²) in [7, 11) is 1.93. The van der Waals surface area contributed by atoms with Gasteiger partial charge in [0.15, 0.2) is 5.66 Å². The number of fused-ring (bicyclic) bond motifs is 3. The van der Waals surface area contributed by atoms with Crippen molar-refractivity contribution in [2.75, 3.05) is 11.9 Å². The van der Waals surface area contributed by atoms with E-state index >= 15 is 0 Å². The molecule has 0 bridgehead atoms. The number of nitrogens with zero attached hydrogens (tertiary/aromatic N) is 1. The molecule has 0 saturated carbocycles. The lowest BCUT2D eigenvalue weighted by molar-refractivity contribution is -0.137. The van der Waals surface area contributed by atoms with Gasteiger partial charge >= 0.3 is 0 Å². The van der Waals surface area contributed by atoms with Gasteiger partial charge in [-0.1, -0.05) is 48.5 Å². The second-order valence-electron chi connectivity index (χ2n) is 6.06. The van der Waals surface area contributed by atoms with E-state index in [4.69, 9.17) is 0 Å². The van der Waals surface area contributed by atoms with E-state index < -0.39 is 17.0 Å². The van der Waals surface area contributed by atoms with Gasteiger partial charge in [-0.15, -0.1) is 0 Å². The molecule has 1 amide bonds. The van der Waals surface area contributed by atoms with Crippen molar-refractivity contribution in [3.05, 3.63) is 65.7 Å². The number of nitrogens with one attached hydrogen (secondary N) is 1. The maximum absolute atomic E-state index is 12.8. The number of hydrogen-bond donors (Lipinski definition) is 1. The van der Waals surface area contributed by atoms with Gasteiger partial charge in [0.05, 0.1) is 0 Å². The highest BCUT2D eigenvalue weighted by molar-refractivity contribution is 6.43. The summed E-state index contributed by atoms with van der Waals surface area (Å²) in [4.78, 5) is 27.0. The van der Waals surface area contributed by atoms with E-state index in [-0.39, 0.29) is 5.78 Å². The molecule has 4 rings (SSSR count). The normalized spacial score (nSPS) is 29.3. The van der Waals surface area contributed by atoms with Gasteiger partial charge in [0.2, 0.25) is 5.78 Å². The van der Waals surface area contributed by atoms with Crippen molar-refractivity contribution in [2.24, 2.45) is 0 Å². The zero-order valence-electron chi connectivity index (χ0n) is 12.5. The first kappa shape index (κ1) is 13.1. The van der Waals surface area contributed by atoms with E-state index in [0.29, 0.717) is 0 Å². The van der Waals surface area contributed by atoms with Crippen LogP contribution in [0.2, 0.25) is 0 Å². The van der Waals surface area contributed by atoms with Crippen molar-refractivity contribution in [1.82, 2.24) is 5.32 Å². The summed E-state index contributed by atoms with van der Waals surface area (Å²) in [5.74, 6) is -0.902. The fourth-order valence-corrected chi connectivity index (χ4v) is 4.08. The molecule has 2 unspecified atom stereocenters. The molecule has 1 fully saturated rings. The highest BCUT2D eigenvalue weighted by atomic mass is 16.2. The van der Waals surface area contributed by atoms with Crippen molar-refractivity contribution in [3.63, 3.8) is 0 Å². The van der Waals surface area contributed by atoms with Crippen molar-refractivity contribution in [1.29, 1.82) is 0 Å². The molecule has 1 N–H and O–H groups in total. The molecule has 2 heterocycles. The fraction of sp³-hybridized carbons (Fsp3) is 0.222. The third-order valence-electron chi connectivity index (χ3n) is 5.18. The predicted octanol–water partition coefficient (Wildman–Crippen LogP) is 1.95. The number of para-hydroxylation sites is 1. The van der Waals surface area contributed by atoms with Crippen molar-refractivity contribution in [3.8, 4) is 0 Å². The number of carbonyl (C=O) groups excluding carboxylic acids is 2. The van der Waals surface area contributed by atoms with Gasteiger partial charge < -0.3 is 10.2 Å². The molecule has 0 spiro atoms. The molecule has 0 aromatic heterocycles. The minimum absolute atomic E-state index is 0.381. The van der Waals surface area contributed by atoms with E-state index in [1.54, 1.807) is 0 Å². The number of carbonyl (C=O) groups is 2. The summed E-state index contributed by atoms with van der Waals surface area (Å²) in [6.07, 6.45) is 0. The number of rotatable bonds is 1. The summed E-state index contributed by atoms with van der Waals surface area (Å²) in [5.41, 5.74) is 0.977. The minimum Gasteiger partial charge on any atom is -0.347 e. The monoisotopic (exact) mass is 292 g/mol. The van der Waals surface area contributed by atoms with Crippen LogP contribution in [0.1, 0.15) is 18.1 Å². The summed E-state index contributed by atoms with van der Waals surface area (Å²) < 4.78 is 0. The van der Waals surface area contributed by atoms with Gasteiger partial charge in [-0.05, 0) is 24.1 Å². The molecule has 2 aromatic rings. The first-order valence-electron chi connectivity index (χ1n) is 7.29. The number of benzene rings is 2. The number of likely N-dealkylation sites (N-methyl/N-ethyl adjacent to an activating group) is 1. The second-order valence-corrected chi connectivity index (χ2v) is 6.06. The smallest absolute Gasteiger partial charge is 0.290 e. The van der Waals surface area contributed by atoms with Crippen LogP contribution >= 0.6 is 0 Å². The number of Topliss-reactive ketones (excluding diaryl/α,β-unsaturated/α-hetero) is 1. The van der Waals surface area contributed by atoms with Crippen LogP contribution in [0.3, 0.4) is 0 Å². The Hall–Kier alpha value is -2.62. The maximum Gasteiger partial charge on any atom is 0.290 e. The average molecular weight is 292 g/mol. The lowest BCUT2D eigenvalue weighted by Gasteiger charge is -2.41. The Kier molecular flexibility index (Phi) is 2.36. The maximum atomic E-state index is 12.8. The summed E-state index contributed by atoms with van der Waals surface area (Å²) >= 11 is 0. The molecule has 2 aliphatic heterocycles. The molecule has 110 valence electrons. The summed E-state index contributed by atoms with van der Waals surface area (Å²) in [6.45, 7) is 1.86. The van der Waals surface area contributed by atoms with Crippen molar-refractivity contribution >= 4 is 17.4 Å². The van der Waals surface area contributed by atoms with Crippen LogP contribution in [0.4, 0.5) is 5.69 Å². The molecular formula is C18H16N2O2. The topological polar surface area (TPSA) is 49.4 Å². The van der Waals surface area contributed by atoms with Crippen LogP contribution < -0.4 is 10.2 Å². The Bertz CT molecular complexity index is 802. The van der Waals surface area contributed by atoms with E-state index in [1.807, 2.05) is 73.5 Å². The van der Waals surface area contributed by atoms with Crippen LogP contribution in [-0.4, -0.2) is 18.7 Å². The van der Waals surface area contributed by atoms with E-state index in [2.05, 4.69) is 5.32 Å². The number of anilines is 1. The van der Waals surface area contributed by atoms with Crippen LogP contribution in [0.25, 0.3) is 0 Å². The Labute approximate surface area is 128 Å². The molecular weight excluding hydrogens is 276 g/mol. The standard InChI is InChI=1S/C18H16N2O2/c1-17-13-10-6-7-11-14(13)20(2)18(17,19-16(22)15(17)21)12-8-4-3-5-9-12/h3-11H,1-2H3,(H,19,22). The third-order valence-corrected chi connectivity index (χ3v) is 5.18. The molecule has 0 aliphatic carbocycles. The lowest BCUT2D eigenvalue weighted by atomic mass is 9.71. The predicted molar refractivity (Wildman–Crippen MR) is 83.5 cm³/mol. The van der Waals surface area contributed by atoms with Crippen molar-refractivity contribution < 1.29 is 9.59 Å². The SMILES string of the molecule is CN1c2ccccc2C2(C)C(=O)C(=O)NC12c1ccccc1. The van der Waals surface area contributed by atoms with Gasteiger partial charge in [0, 0.05) is 12.7 Å². The van der Waals surface area contributed by atoms with Gasteiger partial charge in [-0.3, -0.25) is 9.59 Å². The quantitative estimate of drug-likeness (QED) is 0.817. The first-order chi connectivity index (χ1) is 10.5. The highest BCUT2D eigenvalue weighted by Gasteiger charge is 2.69. The average Bonchev–Trinajstić information content (AvgIpc) is 2.89. The minimum atomic E-state index is -0.934. The van der Waals surface area contributed by atoms with Crippen LogP contribution in [0.15, 0.2) is 54.6 Å². The van der Waals surface area contributed by atoms with Gasteiger partial charge in [0.25, 0.3) is 5.91 Å². The molecule has 4 nitrogen and oxygen atoms in total. The van der Waals surface area contributed by atoms with E-state index in [9.17, 15) is 9.59 Å². The molecule has 1 saturated heterocycles. The fourth-order valence-electron chi connectivity index (χ4n) is 4.08. The van der Waals surface area contributed by atoms with Crippen LogP contribution in [0.5, 0.6) is 0 Å². The Morgan fingerprint density at radius 2 is 1.59 bits per heavy atom. The van der Waals surface area contributed by atoms with Gasteiger partial charge in [-0.2, -0.15) is 0 Å². The molecule has 2 aliphatic rings. The zero-order valence-corrected chi connectivity index (χ0v) is 12.5. The molecule has 0 radical (unpaired) electrons. The Morgan fingerprint density at radius 1 is 0.955 bits per heavy atom. The Morgan fingerprint density at radius 3 is 2.32 bits per heavy atom. The highest BCUT2D eigenvalue weighted by Crippen LogP contribution is 2.57. The molecule has 22 heavy (non-hydrogen) atoms. The second kappa shape index (κ2) is 3.97. The summed E-state index contributed by atoms with van der Waals surface area (Å²) in [6, 6.07) is 17.5. The Balaban J connectivity index is 2.09. The van der Waals surface area contributed by atoms with Crippen LogP contribution in [0, 0.1) is 0 Å². The molecule has 2 atom stereocenters. The van der Waals surface area contributed by atoms with Gasteiger partial charge in [0.1, 0.15) is 5.41 Å². The van der Waals surface area contributed by atoms with Crippen LogP contribution in [-0.2, 0) is 20.7 Å². The van der Waals surface area contributed by atoms with E-state index in [1.165, 1.54) is 0 Å². The number of ketones is 1. The largest absolute Gasteiger partial charge is 0.347 e. The zero-order chi connectivity index (χ0) is 15.5. The molecule has 2 aromatic carbocycles. The third kappa shape index (κ3) is 1.20. The molecule has 4 heteroatoms.